The highest BCUT2D eigenvalue weighted by Crippen LogP contribution is 2.37. The van der Waals surface area contributed by atoms with Crippen molar-refractivity contribution in [2.45, 2.75) is 40.5 Å². The van der Waals surface area contributed by atoms with Crippen molar-refractivity contribution in [1.82, 2.24) is 4.90 Å². The van der Waals surface area contributed by atoms with Crippen molar-refractivity contribution >= 4 is 29.9 Å². The Balaban J connectivity index is 0.00000625. The van der Waals surface area contributed by atoms with Gasteiger partial charge in [-0.3, -0.25) is 4.79 Å². The predicted molar refractivity (Wildman–Crippen MR) is 110 cm³/mol. The van der Waals surface area contributed by atoms with Crippen LogP contribution in [0, 0.1) is 5.41 Å². The number of nitrogens with zero attached hydrogens (tertiary/aromatic N) is 1. The van der Waals surface area contributed by atoms with Crippen LogP contribution >= 0.6 is 24.0 Å². The molecule has 150 valence electrons. The quantitative estimate of drug-likeness (QED) is 0.584. The van der Waals surface area contributed by atoms with E-state index in [1.165, 1.54) is 0 Å². The SMILES string of the molecule is CCCCOc1c(Cl)cc(C(=O)N(C)CC(C)(C)CN)cc1OCC.Cl. The molecule has 1 amide bonds. The topological polar surface area (TPSA) is 64.8 Å². The zero-order chi connectivity index (χ0) is 19.0. The standard InChI is InChI=1S/C19H31ClN2O3.ClH/c1-6-8-9-25-17-15(20)10-14(11-16(17)24-7-2)18(23)22(5)13-19(3,4)12-21;/h10-11H,6-9,12-13,21H2,1-5H3;1H. The Labute approximate surface area is 168 Å². The lowest BCUT2D eigenvalue weighted by molar-refractivity contribution is 0.0740. The minimum Gasteiger partial charge on any atom is -0.490 e. The van der Waals surface area contributed by atoms with Crippen LogP contribution in [-0.2, 0) is 0 Å². The van der Waals surface area contributed by atoms with Gasteiger partial charge in [0.1, 0.15) is 0 Å². The summed E-state index contributed by atoms with van der Waals surface area (Å²) in [4.78, 5) is 14.4. The molecule has 2 N–H and O–H groups in total. The number of unbranched alkanes of at least 4 members (excludes halogenated alkanes) is 1. The molecule has 0 unspecified atom stereocenters. The van der Waals surface area contributed by atoms with Crippen LogP contribution in [0.3, 0.4) is 0 Å². The number of hydrogen-bond donors (Lipinski definition) is 1. The first kappa shape index (κ1) is 24.8. The van der Waals surface area contributed by atoms with Crippen molar-refractivity contribution in [3.05, 3.63) is 22.7 Å². The molecule has 0 aliphatic heterocycles. The molecule has 7 heteroatoms. The van der Waals surface area contributed by atoms with Crippen molar-refractivity contribution in [3.8, 4) is 11.5 Å². The second-order valence-corrected chi connectivity index (χ2v) is 7.36. The minimum atomic E-state index is -0.153. The van der Waals surface area contributed by atoms with E-state index in [4.69, 9.17) is 26.8 Å². The number of benzene rings is 1. The molecular weight excluding hydrogens is 375 g/mol. The smallest absolute Gasteiger partial charge is 0.253 e. The van der Waals surface area contributed by atoms with Crippen LogP contribution in [0.25, 0.3) is 0 Å². The Bertz CT molecular complexity index is 580. The van der Waals surface area contributed by atoms with Crippen molar-refractivity contribution in [2.75, 3.05) is 33.4 Å². The molecule has 0 spiro atoms. The number of ether oxygens (including phenoxy) is 2. The first-order valence-electron chi connectivity index (χ1n) is 8.80. The fourth-order valence-electron chi connectivity index (χ4n) is 2.41. The lowest BCUT2D eigenvalue weighted by Gasteiger charge is -2.29. The van der Waals surface area contributed by atoms with Crippen molar-refractivity contribution in [1.29, 1.82) is 0 Å². The predicted octanol–water partition coefficient (Wildman–Crippen LogP) is 4.40. The van der Waals surface area contributed by atoms with Crippen LogP contribution in [0.15, 0.2) is 12.1 Å². The van der Waals surface area contributed by atoms with Gasteiger partial charge in [-0.15, -0.1) is 12.4 Å². The number of nitrogens with two attached hydrogens (primary N) is 1. The number of hydrogen-bond acceptors (Lipinski definition) is 4. The number of carbonyl (C=O) groups excluding carboxylic acids is 1. The zero-order valence-corrected chi connectivity index (χ0v) is 18.0. The summed E-state index contributed by atoms with van der Waals surface area (Å²) in [5.41, 5.74) is 6.09. The maximum atomic E-state index is 12.7. The van der Waals surface area contributed by atoms with Gasteiger partial charge in [-0.25, -0.2) is 0 Å². The first-order chi connectivity index (χ1) is 11.8. The molecular formula is C19H32Cl2N2O3. The Morgan fingerprint density at radius 2 is 1.92 bits per heavy atom. The summed E-state index contributed by atoms with van der Waals surface area (Å²) in [5, 5.41) is 0.386. The van der Waals surface area contributed by atoms with E-state index in [0.717, 1.165) is 12.8 Å². The van der Waals surface area contributed by atoms with E-state index >= 15 is 0 Å². The molecule has 0 aromatic heterocycles. The molecule has 0 saturated carbocycles. The van der Waals surface area contributed by atoms with Gasteiger partial charge in [0.25, 0.3) is 5.91 Å². The van der Waals surface area contributed by atoms with E-state index in [0.29, 0.717) is 48.4 Å². The molecule has 26 heavy (non-hydrogen) atoms. The zero-order valence-electron chi connectivity index (χ0n) is 16.4. The fraction of sp³-hybridized carbons (Fsp3) is 0.632. The molecule has 5 nitrogen and oxygen atoms in total. The largest absolute Gasteiger partial charge is 0.490 e. The summed E-state index contributed by atoms with van der Waals surface area (Å²) in [5.74, 6) is 0.879. The highest BCUT2D eigenvalue weighted by molar-refractivity contribution is 6.32. The van der Waals surface area contributed by atoms with E-state index in [2.05, 4.69) is 6.92 Å². The number of rotatable bonds is 10. The van der Waals surface area contributed by atoms with Crippen LogP contribution in [0.2, 0.25) is 5.02 Å². The van der Waals surface area contributed by atoms with Gasteiger partial charge in [0, 0.05) is 19.2 Å². The molecule has 0 aliphatic carbocycles. The molecule has 0 fully saturated rings. The normalized spacial score (nSPS) is 10.9. The minimum absolute atomic E-state index is 0. The molecule has 1 rings (SSSR count). The van der Waals surface area contributed by atoms with E-state index in [9.17, 15) is 4.79 Å². The highest BCUT2D eigenvalue weighted by Gasteiger charge is 2.24. The number of amides is 1. The van der Waals surface area contributed by atoms with E-state index in [1.807, 2.05) is 20.8 Å². The van der Waals surface area contributed by atoms with E-state index < -0.39 is 0 Å². The lowest BCUT2D eigenvalue weighted by atomic mass is 9.93. The van der Waals surface area contributed by atoms with Gasteiger partial charge < -0.3 is 20.1 Å². The monoisotopic (exact) mass is 406 g/mol. The Kier molecular flexibility index (Phi) is 11.0. The van der Waals surface area contributed by atoms with Gasteiger partial charge in [0.2, 0.25) is 0 Å². The maximum absolute atomic E-state index is 12.7. The summed E-state index contributed by atoms with van der Waals surface area (Å²) in [6, 6.07) is 3.34. The van der Waals surface area contributed by atoms with E-state index in [1.54, 1.807) is 24.1 Å². The number of carbonyl (C=O) groups is 1. The molecule has 0 radical (unpaired) electrons. The Morgan fingerprint density at radius 3 is 2.46 bits per heavy atom. The second-order valence-electron chi connectivity index (χ2n) is 6.95. The van der Waals surface area contributed by atoms with Crippen LogP contribution in [0.1, 0.15) is 50.9 Å². The van der Waals surface area contributed by atoms with Gasteiger partial charge in [-0.05, 0) is 37.4 Å². The average Bonchev–Trinajstić information content (AvgIpc) is 2.56. The van der Waals surface area contributed by atoms with Crippen molar-refractivity contribution in [3.63, 3.8) is 0 Å². The summed E-state index contributed by atoms with van der Waals surface area (Å²) >= 11 is 6.36. The third-order valence-electron chi connectivity index (χ3n) is 3.87. The van der Waals surface area contributed by atoms with Gasteiger partial charge in [0.15, 0.2) is 11.5 Å². The van der Waals surface area contributed by atoms with Crippen LogP contribution < -0.4 is 15.2 Å². The fourth-order valence-corrected chi connectivity index (χ4v) is 2.68. The van der Waals surface area contributed by atoms with Crippen molar-refractivity contribution in [2.24, 2.45) is 11.1 Å². The lowest BCUT2D eigenvalue weighted by Crippen LogP contribution is -2.39. The summed E-state index contributed by atoms with van der Waals surface area (Å²) < 4.78 is 11.4. The third kappa shape index (κ3) is 7.22. The second kappa shape index (κ2) is 11.5. The summed E-state index contributed by atoms with van der Waals surface area (Å²) in [6.45, 7) is 10.1. The van der Waals surface area contributed by atoms with Crippen LogP contribution in [-0.4, -0.2) is 44.2 Å². The van der Waals surface area contributed by atoms with Gasteiger partial charge in [-0.1, -0.05) is 38.8 Å². The van der Waals surface area contributed by atoms with Crippen LogP contribution in [0.5, 0.6) is 11.5 Å². The molecule has 1 aromatic rings. The summed E-state index contributed by atoms with van der Waals surface area (Å²) in [6.07, 6.45) is 1.96. The Hall–Kier alpha value is -1.17. The molecule has 0 saturated heterocycles. The van der Waals surface area contributed by atoms with Crippen LogP contribution in [0.4, 0.5) is 0 Å². The van der Waals surface area contributed by atoms with Gasteiger partial charge in [-0.2, -0.15) is 0 Å². The maximum Gasteiger partial charge on any atom is 0.253 e. The Morgan fingerprint density at radius 1 is 1.27 bits per heavy atom. The van der Waals surface area contributed by atoms with E-state index in [-0.39, 0.29) is 23.7 Å². The molecule has 0 bridgehead atoms. The van der Waals surface area contributed by atoms with Gasteiger partial charge >= 0.3 is 0 Å². The highest BCUT2D eigenvalue weighted by atomic mass is 35.5. The summed E-state index contributed by atoms with van der Waals surface area (Å²) in [7, 11) is 1.76. The first-order valence-corrected chi connectivity index (χ1v) is 9.18. The number of halogens is 2. The average molecular weight is 407 g/mol. The molecule has 0 atom stereocenters. The van der Waals surface area contributed by atoms with Gasteiger partial charge in [0.05, 0.1) is 18.2 Å². The third-order valence-corrected chi connectivity index (χ3v) is 4.15. The van der Waals surface area contributed by atoms with Crippen molar-refractivity contribution < 1.29 is 14.3 Å². The molecule has 0 aliphatic rings. The molecule has 0 heterocycles. The molecule has 1 aromatic carbocycles.